The van der Waals surface area contributed by atoms with E-state index < -0.39 is 0 Å². The molecule has 0 aliphatic carbocycles. The number of imidazole rings is 1. The first-order valence-electron chi connectivity index (χ1n) is 5.79. The van der Waals surface area contributed by atoms with Crippen LogP contribution in [-0.2, 0) is 13.1 Å². The second kappa shape index (κ2) is 5.42. The number of aryl methyl sites for hydroxylation is 1. The minimum Gasteiger partial charge on any atom is -0.332 e. The molecule has 0 saturated heterocycles. The Kier molecular flexibility index (Phi) is 3.91. The molecule has 5 heteroatoms. The Morgan fingerprint density at radius 3 is 2.88 bits per heavy atom. The van der Waals surface area contributed by atoms with Gasteiger partial charge in [-0.3, -0.25) is 0 Å². The lowest BCUT2D eigenvalue weighted by Gasteiger charge is -2.04. The highest BCUT2D eigenvalue weighted by molar-refractivity contribution is 7.11. The first-order valence-corrected chi connectivity index (χ1v) is 6.60. The maximum atomic E-state index is 4.38. The summed E-state index contributed by atoms with van der Waals surface area (Å²) in [5, 5.41) is 4.47. The van der Waals surface area contributed by atoms with Crippen molar-refractivity contribution < 1.29 is 0 Å². The van der Waals surface area contributed by atoms with E-state index in [9.17, 15) is 0 Å². The van der Waals surface area contributed by atoms with Crippen LogP contribution in [0.3, 0.4) is 0 Å². The van der Waals surface area contributed by atoms with Gasteiger partial charge in [0, 0.05) is 29.9 Å². The fourth-order valence-electron chi connectivity index (χ4n) is 1.55. The quantitative estimate of drug-likeness (QED) is 0.884. The van der Waals surface area contributed by atoms with Crippen molar-refractivity contribution in [1.29, 1.82) is 0 Å². The SMILES string of the molecule is Cc1ncc(Cn2cnc(CNC(C)C)c2)s1. The smallest absolute Gasteiger partial charge is 0.0953 e. The Labute approximate surface area is 106 Å². The van der Waals surface area contributed by atoms with Gasteiger partial charge < -0.3 is 9.88 Å². The maximum absolute atomic E-state index is 4.38. The van der Waals surface area contributed by atoms with Crippen LogP contribution in [0.25, 0.3) is 0 Å². The van der Waals surface area contributed by atoms with Crippen LogP contribution in [0.1, 0.15) is 29.4 Å². The molecule has 0 aliphatic rings. The molecular formula is C12H18N4S. The van der Waals surface area contributed by atoms with Crippen molar-refractivity contribution in [2.45, 2.75) is 39.9 Å². The first-order chi connectivity index (χ1) is 8.13. The predicted molar refractivity (Wildman–Crippen MR) is 70.2 cm³/mol. The highest BCUT2D eigenvalue weighted by atomic mass is 32.1. The zero-order chi connectivity index (χ0) is 12.3. The first kappa shape index (κ1) is 12.3. The number of aromatic nitrogens is 3. The molecule has 2 rings (SSSR count). The van der Waals surface area contributed by atoms with Crippen LogP contribution in [0.4, 0.5) is 0 Å². The highest BCUT2D eigenvalue weighted by Gasteiger charge is 2.02. The third-order valence-electron chi connectivity index (χ3n) is 2.39. The fourth-order valence-corrected chi connectivity index (χ4v) is 2.36. The van der Waals surface area contributed by atoms with Gasteiger partial charge in [-0.2, -0.15) is 0 Å². The Morgan fingerprint density at radius 1 is 1.41 bits per heavy atom. The third kappa shape index (κ3) is 3.64. The lowest BCUT2D eigenvalue weighted by Crippen LogP contribution is -2.21. The van der Waals surface area contributed by atoms with Gasteiger partial charge in [0.25, 0.3) is 0 Å². The summed E-state index contributed by atoms with van der Waals surface area (Å²) in [4.78, 5) is 9.89. The number of nitrogens with one attached hydrogen (secondary N) is 1. The minimum atomic E-state index is 0.490. The van der Waals surface area contributed by atoms with Gasteiger partial charge in [-0.05, 0) is 6.92 Å². The van der Waals surface area contributed by atoms with Gasteiger partial charge in [0.15, 0.2) is 0 Å². The van der Waals surface area contributed by atoms with E-state index in [0.29, 0.717) is 6.04 Å². The van der Waals surface area contributed by atoms with Gasteiger partial charge in [-0.1, -0.05) is 13.8 Å². The van der Waals surface area contributed by atoms with Crippen LogP contribution >= 0.6 is 11.3 Å². The molecule has 0 amide bonds. The van der Waals surface area contributed by atoms with E-state index in [1.807, 2.05) is 19.4 Å². The molecular weight excluding hydrogens is 232 g/mol. The van der Waals surface area contributed by atoms with Crippen molar-refractivity contribution in [3.63, 3.8) is 0 Å². The topological polar surface area (TPSA) is 42.7 Å². The standard InChI is InChI=1S/C12H18N4S/c1-9(2)13-4-11-6-16(8-15-11)7-12-5-14-10(3)17-12/h5-6,8-9,13H,4,7H2,1-3H3. The summed E-state index contributed by atoms with van der Waals surface area (Å²) in [7, 11) is 0. The van der Waals surface area contributed by atoms with Crippen molar-refractivity contribution in [3.05, 3.63) is 34.3 Å². The molecule has 2 aromatic rings. The minimum absolute atomic E-state index is 0.490. The van der Waals surface area contributed by atoms with Crippen molar-refractivity contribution in [1.82, 2.24) is 19.9 Å². The van der Waals surface area contributed by atoms with Crippen LogP contribution in [0.5, 0.6) is 0 Å². The van der Waals surface area contributed by atoms with E-state index >= 15 is 0 Å². The lowest BCUT2D eigenvalue weighted by atomic mass is 10.3. The van der Waals surface area contributed by atoms with Crippen LogP contribution in [0.2, 0.25) is 0 Å². The van der Waals surface area contributed by atoms with Gasteiger partial charge >= 0.3 is 0 Å². The molecule has 0 saturated carbocycles. The van der Waals surface area contributed by atoms with Gasteiger partial charge in [0.2, 0.25) is 0 Å². The van der Waals surface area contributed by atoms with Crippen LogP contribution in [0, 0.1) is 6.92 Å². The molecule has 0 unspecified atom stereocenters. The van der Waals surface area contributed by atoms with Crippen molar-refractivity contribution in [3.8, 4) is 0 Å². The van der Waals surface area contributed by atoms with Gasteiger partial charge in [0.05, 0.1) is 23.6 Å². The van der Waals surface area contributed by atoms with E-state index in [2.05, 4.69) is 39.9 Å². The summed E-state index contributed by atoms with van der Waals surface area (Å²) < 4.78 is 2.10. The number of thiazole rings is 1. The number of hydrogen-bond donors (Lipinski definition) is 1. The molecule has 4 nitrogen and oxygen atoms in total. The lowest BCUT2D eigenvalue weighted by molar-refractivity contribution is 0.582. The second-order valence-corrected chi connectivity index (χ2v) is 5.74. The molecule has 92 valence electrons. The van der Waals surface area contributed by atoms with Crippen molar-refractivity contribution >= 4 is 11.3 Å². The normalized spacial score (nSPS) is 11.3. The zero-order valence-corrected chi connectivity index (χ0v) is 11.3. The number of nitrogens with zero attached hydrogens (tertiary/aromatic N) is 3. The predicted octanol–water partition coefficient (Wildman–Crippen LogP) is 2.19. The molecule has 2 heterocycles. The number of hydrogen-bond acceptors (Lipinski definition) is 4. The largest absolute Gasteiger partial charge is 0.332 e. The van der Waals surface area contributed by atoms with Crippen molar-refractivity contribution in [2.24, 2.45) is 0 Å². The van der Waals surface area contributed by atoms with Gasteiger partial charge in [-0.15, -0.1) is 11.3 Å². The summed E-state index contributed by atoms with van der Waals surface area (Å²) in [6.45, 7) is 7.99. The van der Waals surface area contributed by atoms with Crippen LogP contribution in [-0.4, -0.2) is 20.6 Å². The van der Waals surface area contributed by atoms with Gasteiger partial charge in [-0.25, -0.2) is 9.97 Å². The maximum Gasteiger partial charge on any atom is 0.0953 e. The Morgan fingerprint density at radius 2 is 2.24 bits per heavy atom. The molecule has 0 radical (unpaired) electrons. The number of rotatable bonds is 5. The summed E-state index contributed by atoms with van der Waals surface area (Å²) in [5.41, 5.74) is 1.08. The van der Waals surface area contributed by atoms with E-state index in [-0.39, 0.29) is 0 Å². The van der Waals surface area contributed by atoms with E-state index in [1.54, 1.807) is 11.3 Å². The van der Waals surface area contributed by atoms with Crippen LogP contribution < -0.4 is 5.32 Å². The molecule has 0 spiro atoms. The monoisotopic (exact) mass is 250 g/mol. The summed E-state index contributed by atoms with van der Waals surface area (Å²) >= 11 is 1.73. The second-order valence-electron chi connectivity index (χ2n) is 4.42. The molecule has 0 aliphatic heterocycles. The molecule has 0 fully saturated rings. The molecule has 0 atom stereocenters. The van der Waals surface area contributed by atoms with E-state index in [4.69, 9.17) is 0 Å². The Hall–Kier alpha value is -1.20. The van der Waals surface area contributed by atoms with E-state index in [0.717, 1.165) is 23.8 Å². The average molecular weight is 250 g/mol. The highest BCUT2D eigenvalue weighted by Crippen LogP contribution is 2.13. The molecule has 0 bridgehead atoms. The Balaban J connectivity index is 1.94. The zero-order valence-electron chi connectivity index (χ0n) is 10.5. The van der Waals surface area contributed by atoms with Crippen LogP contribution in [0.15, 0.2) is 18.7 Å². The van der Waals surface area contributed by atoms with E-state index in [1.165, 1.54) is 4.88 Å². The average Bonchev–Trinajstić information content (AvgIpc) is 2.86. The Bertz CT molecular complexity index is 472. The molecule has 0 aromatic carbocycles. The summed E-state index contributed by atoms with van der Waals surface area (Å²) in [5.74, 6) is 0. The summed E-state index contributed by atoms with van der Waals surface area (Å²) in [6.07, 6.45) is 5.91. The molecule has 2 aromatic heterocycles. The molecule has 17 heavy (non-hydrogen) atoms. The van der Waals surface area contributed by atoms with Gasteiger partial charge in [0.1, 0.15) is 0 Å². The summed E-state index contributed by atoms with van der Waals surface area (Å²) in [6, 6.07) is 0.490. The third-order valence-corrected chi connectivity index (χ3v) is 3.28. The molecule has 1 N–H and O–H groups in total. The fraction of sp³-hybridized carbons (Fsp3) is 0.500. The van der Waals surface area contributed by atoms with Crippen molar-refractivity contribution in [2.75, 3.05) is 0 Å².